The molecule has 0 spiro atoms. The maximum absolute atomic E-state index is 12.1. The summed E-state index contributed by atoms with van der Waals surface area (Å²) < 4.78 is 10.4. The van der Waals surface area contributed by atoms with E-state index in [0.717, 1.165) is 16.8 Å². The first-order chi connectivity index (χ1) is 12.1. The molecule has 3 rings (SSSR count). The first-order valence-electron chi connectivity index (χ1n) is 7.77. The Balaban J connectivity index is 1.58. The van der Waals surface area contributed by atoms with Crippen LogP contribution in [0, 0.1) is 0 Å². The third-order valence-electron chi connectivity index (χ3n) is 3.89. The van der Waals surface area contributed by atoms with Gasteiger partial charge in [0.2, 0.25) is 5.91 Å². The Hall–Kier alpha value is -3.22. The number of methoxy groups -OCH3 is 2. The van der Waals surface area contributed by atoms with Crippen LogP contribution in [-0.2, 0) is 17.8 Å². The summed E-state index contributed by atoms with van der Waals surface area (Å²) in [6, 6.07) is 10.5. The van der Waals surface area contributed by atoms with Crippen molar-refractivity contribution in [2.24, 2.45) is 0 Å². The Morgan fingerprint density at radius 3 is 2.68 bits per heavy atom. The Kier molecular flexibility index (Phi) is 4.74. The summed E-state index contributed by atoms with van der Waals surface area (Å²) in [5.74, 6) is 1.21. The number of carbonyl (C=O) groups is 2. The minimum atomic E-state index is -0.327. The van der Waals surface area contributed by atoms with Crippen LogP contribution < -0.4 is 25.4 Å². The van der Waals surface area contributed by atoms with Gasteiger partial charge in [-0.3, -0.25) is 4.79 Å². The van der Waals surface area contributed by atoms with E-state index in [1.165, 1.54) is 0 Å². The molecule has 1 heterocycles. The number of rotatable bonds is 5. The van der Waals surface area contributed by atoms with Gasteiger partial charge in [0.25, 0.3) is 0 Å². The summed E-state index contributed by atoms with van der Waals surface area (Å²) in [5, 5.41) is 8.30. The molecule has 0 radical (unpaired) electrons. The van der Waals surface area contributed by atoms with Gasteiger partial charge in [-0.1, -0.05) is 6.07 Å². The van der Waals surface area contributed by atoms with Gasteiger partial charge < -0.3 is 25.4 Å². The maximum atomic E-state index is 12.1. The molecule has 0 saturated heterocycles. The van der Waals surface area contributed by atoms with Gasteiger partial charge in [-0.05, 0) is 41.5 Å². The highest BCUT2D eigenvalue weighted by molar-refractivity contribution is 6.00. The van der Waals surface area contributed by atoms with Crippen LogP contribution in [0.1, 0.15) is 11.1 Å². The first kappa shape index (κ1) is 16.6. The zero-order valence-electron chi connectivity index (χ0n) is 14.0. The van der Waals surface area contributed by atoms with E-state index in [-0.39, 0.29) is 11.9 Å². The third-order valence-corrected chi connectivity index (χ3v) is 3.89. The molecule has 25 heavy (non-hydrogen) atoms. The van der Waals surface area contributed by atoms with Crippen LogP contribution in [0.2, 0.25) is 0 Å². The number of fused-ring (bicyclic) bond motifs is 1. The highest BCUT2D eigenvalue weighted by atomic mass is 16.5. The predicted molar refractivity (Wildman–Crippen MR) is 94.2 cm³/mol. The second kappa shape index (κ2) is 7.12. The van der Waals surface area contributed by atoms with Crippen molar-refractivity contribution >= 4 is 23.3 Å². The highest BCUT2D eigenvalue weighted by Crippen LogP contribution is 2.28. The van der Waals surface area contributed by atoms with Gasteiger partial charge in [0.15, 0.2) is 11.5 Å². The number of carbonyl (C=O) groups excluding carboxylic acids is 2. The molecule has 130 valence electrons. The monoisotopic (exact) mass is 341 g/mol. The molecule has 3 amide bonds. The van der Waals surface area contributed by atoms with Crippen molar-refractivity contribution in [1.29, 1.82) is 0 Å². The normalized spacial score (nSPS) is 12.2. The van der Waals surface area contributed by atoms with Gasteiger partial charge in [-0.25, -0.2) is 4.79 Å². The lowest BCUT2D eigenvalue weighted by Gasteiger charge is -2.11. The average molecular weight is 341 g/mol. The maximum Gasteiger partial charge on any atom is 0.319 e. The third kappa shape index (κ3) is 3.82. The summed E-state index contributed by atoms with van der Waals surface area (Å²) >= 11 is 0. The SMILES string of the molecule is COc1ccc(CNC(=O)Nc2ccc3c(c2)CC(=O)N3)cc1OC. The number of nitrogens with one attached hydrogen (secondary N) is 3. The zero-order valence-corrected chi connectivity index (χ0v) is 14.0. The van der Waals surface area contributed by atoms with Gasteiger partial charge in [0.05, 0.1) is 20.6 Å². The molecular formula is C18H19N3O4. The minimum absolute atomic E-state index is 0.0370. The Labute approximate surface area is 145 Å². The summed E-state index contributed by atoms with van der Waals surface area (Å²) in [6.07, 6.45) is 0.331. The number of hydrogen-bond donors (Lipinski definition) is 3. The van der Waals surface area contributed by atoms with Crippen LogP contribution in [-0.4, -0.2) is 26.2 Å². The molecule has 0 aliphatic carbocycles. The van der Waals surface area contributed by atoms with Crippen LogP contribution in [0.3, 0.4) is 0 Å². The zero-order chi connectivity index (χ0) is 17.8. The predicted octanol–water partition coefficient (Wildman–Crippen LogP) is 2.52. The van der Waals surface area contributed by atoms with Crippen molar-refractivity contribution in [3.05, 3.63) is 47.5 Å². The van der Waals surface area contributed by atoms with Gasteiger partial charge in [0, 0.05) is 17.9 Å². The number of anilines is 2. The van der Waals surface area contributed by atoms with Crippen LogP contribution >= 0.6 is 0 Å². The molecule has 1 aliphatic heterocycles. The largest absolute Gasteiger partial charge is 0.493 e. The van der Waals surface area contributed by atoms with Crippen molar-refractivity contribution in [2.45, 2.75) is 13.0 Å². The lowest BCUT2D eigenvalue weighted by Crippen LogP contribution is -2.28. The van der Waals surface area contributed by atoms with Crippen molar-refractivity contribution in [2.75, 3.05) is 24.9 Å². The summed E-state index contributed by atoms with van der Waals surface area (Å²) in [4.78, 5) is 23.4. The van der Waals surface area contributed by atoms with Gasteiger partial charge in [-0.2, -0.15) is 0 Å². The van der Waals surface area contributed by atoms with E-state index in [9.17, 15) is 9.59 Å². The van der Waals surface area contributed by atoms with Gasteiger partial charge in [0.1, 0.15) is 0 Å². The lowest BCUT2D eigenvalue weighted by molar-refractivity contribution is -0.115. The van der Waals surface area contributed by atoms with Gasteiger partial charge >= 0.3 is 6.03 Å². The Morgan fingerprint density at radius 1 is 1.12 bits per heavy atom. The fourth-order valence-corrected chi connectivity index (χ4v) is 2.66. The molecule has 0 bridgehead atoms. The van der Waals surface area contributed by atoms with Crippen LogP contribution in [0.25, 0.3) is 0 Å². The van der Waals surface area contributed by atoms with E-state index < -0.39 is 0 Å². The topological polar surface area (TPSA) is 88.7 Å². The molecule has 0 unspecified atom stereocenters. The van der Waals surface area contributed by atoms with Gasteiger partial charge in [-0.15, -0.1) is 0 Å². The van der Waals surface area contributed by atoms with E-state index in [2.05, 4.69) is 16.0 Å². The van der Waals surface area contributed by atoms with Crippen molar-refractivity contribution in [1.82, 2.24) is 5.32 Å². The number of amides is 3. The smallest absolute Gasteiger partial charge is 0.319 e. The molecule has 2 aromatic carbocycles. The highest BCUT2D eigenvalue weighted by Gasteiger charge is 2.17. The molecule has 2 aromatic rings. The fraction of sp³-hybridized carbons (Fsp3) is 0.222. The van der Waals surface area contributed by atoms with E-state index in [0.29, 0.717) is 30.2 Å². The van der Waals surface area contributed by atoms with E-state index in [4.69, 9.17) is 9.47 Å². The van der Waals surface area contributed by atoms with E-state index in [1.807, 2.05) is 12.1 Å². The number of urea groups is 1. The summed E-state index contributed by atoms with van der Waals surface area (Å²) in [5.41, 5.74) is 3.19. The lowest BCUT2D eigenvalue weighted by atomic mass is 10.1. The fourth-order valence-electron chi connectivity index (χ4n) is 2.66. The summed E-state index contributed by atoms with van der Waals surface area (Å²) in [6.45, 7) is 0.344. The standard InChI is InChI=1S/C18H19N3O4/c1-24-15-6-3-11(7-16(15)25-2)10-19-18(23)20-13-4-5-14-12(8-13)9-17(22)21-14/h3-8H,9-10H2,1-2H3,(H,21,22)(H2,19,20,23). The van der Waals surface area contributed by atoms with E-state index in [1.54, 1.807) is 38.5 Å². The quantitative estimate of drug-likeness (QED) is 0.780. The minimum Gasteiger partial charge on any atom is -0.493 e. The van der Waals surface area contributed by atoms with Crippen LogP contribution in [0.5, 0.6) is 11.5 Å². The molecule has 0 saturated carbocycles. The van der Waals surface area contributed by atoms with Crippen LogP contribution in [0.15, 0.2) is 36.4 Å². The molecule has 0 aromatic heterocycles. The second-order valence-electron chi connectivity index (χ2n) is 5.59. The van der Waals surface area contributed by atoms with Crippen molar-refractivity contribution < 1.29 is 19.1 Å². The molecule has 0 atom stereocenters. The Morgan fingerprint density at radius 2 is 1.92 bits per heavy atom. The Bertz CT molecular complexity index is 820. The second-order valence-corrected chi connectivity index (χ2v) is 5.59. The molecule has 0 fully saturated rings. The summed E-state index contributed by atoms with van der Waals surface area (Å²) in [7, 11) is 3.14. The van der Waals surface area contributed by atoms with E-state index >= 15 is 0 Å². The molecule has 1 aliphatic rings. The first-order valence-corrected chi connectivity index (χ1v) is 7.77. The molecule has 7 nitrogen and oxygen atoms in total. The molecular weight excluding hydrogens is 322 g/mol. The van der Waals surface area contributed by atoms with Crippen LogP contribution in [0.4, 0.5) is 16.2 Å². The molecule has 7 heteroatoms. The van der Waals surface area contributed by atoms with Crippen molar-refractivity contribution in [3.63, 3.8) is 0 Å². The average Bonchev–Trinajstić information content (AvgIpc) is 2.99. The number of hydrogen-bond acceptors (Lipinski definition) is 4. The number of benzene rings is 2. The molecule has 3 N–H and O–H groups in total. The number of ether oxygens (including phenoxy) is 2. The van der Waals surface area contributed by atoms with Crippen molar-refractivity contribution in [3.8, 4) is 11.5 Å².